The summed E-state index contributed by atoms with van der Waals surface area (Å²) < 4.78 is 5.83. The third-order valence-electron chi connectivity index (χ3n) is 3.31. The van der Waals surface area contributed by atoms with Crippen molar-refractivity contribution in [3.8, 4) is 5.75 Å². The summed E-state index contributed by atoms with van der Waals surface area (Å²) in [6.07, 6.45) is 2.62. The molecule has 2 aromatic rings. The van der Waals surface area contributed by atoms with E-state index in [2.05, 4.69) is 47.7 Å². The first-order chi connectivity index (χ1) is 9.69. The maximum atomic E-state index is 5.83. The quantitative estimate of drug-likeness (QED) is 0.882. The maximum absolute atomic E-state index is 5.83. The van der Waals surface area contributed by atoms with Gasteiger partial charge in [0.2, 0.25) is 0 Å². The Morgan fingerprint density at radius 2 is 2.00 bits per heavy atom. The number of aromatic nitrogens is 1. The van der Waals surface area contributed by atoms with Gasteiger partial charge < -0.3 is 10.1 Å². The van der Waals surface area contributed by atoms with Crippen molar-refractivity contribution in [2.24, 2.45) is 0 Å². The first kappa shape index (κ1) is 13.6. The second-order valence-electron chi connectivity index (χ2n) is 5.50. The van der Waals surface area contributed by atoms with Crippen molar-refractivity contribution < 1.29 is 4.74 Å². The molecule has 1 N–H and O–H groups in total. The van der Waals surface area contributed by atoms with Crippen molar-refractivity contribution in [2.45, 2.75) is 45.9 Å². The average Bonchev–Trinajstić information content (AvgIpc) is 3.12. The number of nitrogens with one attached hydrogen (secondary N) is 1. The van der Waals surface area contributed by atoms with E-state index in [1.54, 1.807) is 11.3 Å². The van der Waals surface area contributed by atoms with Crippen LogP contribution in [-0.2, 0) is 13.2 Å². The molecule has 0 bridgehead atoms. The molecule has 1 saturated carbocycles. The lowest BCUT2D eigenvalue weighted by Gasteiger charge is -2.06. The summed E-state index contributed by atoms with van der Waals surface area (Å²) in [6, 6.07) is 7.01. The Kier molecular flexibility index (Phi) is 4.03. The molecular weight excluding hydrogens is 268 g/mol. The fourth-order valence-corrected chi connectivity index (χ4v) is 2.90. The molecule has 106 valence electrons. The van der Waals surface area contributed by atoms with Crippen molar-refractivity contribution in [2.75, 3.05) is 0 Å². The van der Waals surface area contributed by atoms with Gasteiger partial charge in [0.1, 0.15) is 17.4 Å². The van der Waals surface area contributed by atoms with Crippen LogP contribution in [0.3, 0.4) is 0 Å². The van der Waals surface area contributed by atoms with Gasteiger partial charge in [-0.05, 0) is 49.9 Å². The Labute approximate surface area is 124 Å². The third kappa shape index (κ3) is 3.81. The molecule has 4 heteroatoms. The highest BCUT2D eigenvalue weighted by Crippen LogP contribution is 2.21. The van der Waals surface area contributed by atoms with Gasteiger partial charge in [-0.15, -0.1) is 11.3 Å². The van der Waals surface area contributed by atoms with Crippen molar-refractivity contribution in [1.29, 1.82) is 0 Å². The zero-order valence-corrected chi connectivity index (χ0v) is 12.8. The Hall–Kier alpha value is -1.39. The molecule has 1 fully saturated rings. The average molecular weight is 288 g/mol. The number of rotatable bonds is 6. The maximum Gasteiger partial charge on any atom is 0.140 e. The molecule has 1 aromatic carbocycles. The van der Waals surface area contributed by atoms with Gasteiger partial charge in [-0.25, -0.2) is 4.98 Å². The van der Waals surface area contributed by atoms with Crippen LogP contribution < -0.4 is 10.1 Å². The van der Waals surface area contributed by atoms with Crippen molar-refractivity contribution in [3.63, 3.8) is 0 Å². The summed E-state index contributed by atoms with van der Waals surface area (Å²) >= 11 is 1.67. The molecule has 1 aliphatic carbocycles. The number of nitrogens with zero attached hydrogens (tertiary/aromatic N) is 1. The van der Waals surface area contributed by atoms with Gasteiger partial charge in [0.05, 0.1) is 5.69 Å². The largest absolute Gasteiger partial charge is 0.486 e. The molecule has 0 atom stereocenters. The van der Waals surface area contributed by atoms with Gasteiger partial charge in [0.25, 0.3) is 0 Å². The molecule has 0 amide bonds. The van der Waals surface area contributed by atoms with E-state index in [9.17, 15) is 0 Å². The van der Waals surface area contributed by atoms with E-state index in [-0.39, 0.29) is 0 Å². The number of aryl methyl sites for hydroxylation is 2. The molecule has 1 aliphatic rings. The van der Waals surface area contributed by atoms with Crippen molar-refractivity contribution >= 4 is 11.3 Å². The number of hydrogen-bond acceptors (Lipinski definition) is 4. The van der Waals surface area contributed by atoms with Crippen molar-refractivity contribution in [3.05, 3.63) is 45.4 Å². The summed E-state index contributed by atoms with van der Waals surface area (Å²) in [7, 11) is 0. The molecule has 0 aliphatic heterocycles. The van der Waals surface area contributed by atoms with Crippen LogP contribution in [0.15, 0.2) is 23.6 Å². The van der Waals surface area contributed by atoms with E-state index in [0.717, 1.165) is 29.0 Å². The minimum absolute atomic E-state index is 0.553. The number of thiazole rings is 1. The summed E-state index contributed by atoms with van der Waals surface area (Å²) in [5, 5.41) is 6.64. The molecule has 0 radical (unpaired) electrons. The SMILES string of the molecule is Cc1cc(C)cc(OCc2nc(CNC3CC3)cs2)c1. The predicted molar refractivity (Wildman–Crippen MR) is 82.2 cm³/mol. The monoisotopic (exact) mass is 288 g/mol. The summed E-state index contributed by atoms with van der Waals surface area (Å²) in [6.45, 7) is 5.61. The van der Waals surface area contributed by atoms with Crippen LogP contribution in [0.4, 0.5) is 0 Å². The minimum Gasteiger partial charge on any atom is -0.486 e. The molecule has 1 aromatic heterocycles. The standard InChI is InChI=1S/C16H20N2OS/c1-11-5-12(2)7-15(6-11)19-9-16-18-14(10-20-16)8-17-13-3-4-13/h5-7,10,13,17H,3-4,8-9H2,1-2H3. The summed E-state index contributed by atoms with van der Waals surface area (Å²) in [5.74, 6) is 0.926. The van der Waals surface area contributed by atoms with E-state index in [1.807, 2.05) is 0 Å². The molecule has 0 spiro atoms. The Morgan fingerprint density at radius 3 is 2.70 bits per heavy atom. The van der Waals surface area contributed by atoms with Crippen LogP contribution in [-0.4, -0.2) is 11.0 Å². The highest BCUT2D eigenvalue weighted by molar-refractivity contribution is 7.09. The highest BCUT2D eigenvalue weighted by atomic mass is 32.1. The van der Waals surface area contributed by atoms with Crippen LogP contribution in [0.1, 0.15) is 34.7 Å². The molecular formula is C16H20N2OS. The van der Waals surface area contributed by atoms with Crippen LogP contribution >= 0.6 is 11.3 Å². The van der Waals surface area contributed by atoms with Gasteiger partial charge >= 0.3 is 0 Å². The van der Waals surface area contributed by atoms with Crippen LogP contribution in [0.2, 0.25) is 0 Å². The fraction of sp³-hybridized carbons (Fsp3) is 0.438. The lowest BCUT2D eigenvalue weighted by molar-refractivity contribution is 0.305. The molecule has 20 heavy (non-hydrogen) atoms. The molecule has 1 heterocycles. The molecule has 0 saturated heterocycles. The fourth-order valence-electron chi connectivity index (χ4n) is 2.19. The van der Waals surface area contributed by atoms with E-state index < -0.39 is 0 Å². The van der Waals surface area contributed by atoms with E-state index in [0.29, 0.717) is 6.61 Å². The first-order valence-electron chi connectivity index (χ1n) is 7.07. The summed E-state index contributed by atoms with van der Waals surface area (Å²) in [4.78, 5) is 4.60. The Morgan fingerprint density at radius 1 is 1.25 bits per heavy atom. The van der Waals surface area contributed by atoms with Crippen LogP contribution in [0, 0.1) is 13.8 Å². The smallest absolute Gasteiger partial charge is 0.140 e. The lowest BCUT2D eigenvalue weighted by atomic mass is 10.1. The molecule has 3 nitrogen and oxygen atoms in total. The van der Waals surface area contributed by atoms with Crippen LogP contribution in [0.25, 0.3) is 0 Å². The van der Waals surface area contributed by atoms with Crippen molar-refractivity contribution in [1.82, 2.24) is 10.3 Å². The number of hydrogen-bond donors (Lipinski definition) is 1. The zero-order valence-electron chi connectivity index (χ0n) is 12.0. The normalized spacial score (nSPS) is 14.5. The molecule has 3 rings (SSSR count). The second-order valence-corrected chi connectivity index (χ2v) is 6.44. The number of benzene rings is 1. The van der Waals surface area contributed by atoms with Gasteiger partial charge in [0.15, 0.2) is 0 Å². The van der Waals surface area contributed by atoms with E-state index in [1.165, 1.54) is 24.0 Å². The Balaban J connectivity index is 1.54. The molecule has 0 unspecified atom stereocenters. The second kappa shape index (κ2) is 5.94. The topological polar surface area (TPSA) is 34.1 Å². The third-order valence-corrected chi connectivity index (χ3v) is 4.18. The van der Waals surface area contributed by atoms with E-state index >= 15 is 0 Å². The first-order valence-corrected chi connectivity index (χ1v) is 7.95. The number of ether oxygens (including phenoxy) is 1. The van der Waals surface area contributed by atoms with E-state index in [4.69, 9.17) is 4.74 Å². The van der Waals surface area contributed by atoms with Gasteiger partial charge in [0, 0.05) is 18.0 Å². The Bertz CT molecular complexity index is 570. The van der Waals surface area contributed by atoms with Gasteiger partial charge in [-0.2, -0.15) is 0 Å². The van der Waals surface area contributed by atoms with Gasteiger partial charge in [-0.1, -0.05) is 6.07 Å². The minimum atomic E-state index is 0.553. The predicted octanol–water partition coefficient (Wildman–Crippen LogP) is 3.59. The summed E-state index contributed by atoms with van der Waals surface area (Å²) in [5.41, 5.74) is 3.59. The zero-order chi connectivity index (χ0) is 13.9. The van der Waals surface area contributed by atoms with Crippen LogP contribution in [0.5, 0.6) is 5.75 Å². The van der Waals surface area contributed by atoms with Gasteiger partial charge in [-0.3, -0.25) is 0 Å². The lowest BCUT2D eigenvalue weighted by Crippen LogP contribution is -2.15. The highest BCUT2D eigenvalue weighted by Gasteiger charge is 2.20.